The first kappa shape index (κ1) is 11.2. The van der Waals surface area contributed by atoms with E-state index < -0.39 is 0 Å². The predicted octanol–water partition coefficient (Wildman–Crippen LogP) is 1.17. The van der Waals surface area contributed by atoms with Crippen molar-refractivity contribution in [1.82, 2.24) is 9.78 Å². The number of nitrogens with zero attached hydrogens (tertiary/aromatic N) is 3. The largest absolute Gasteiger partial charge is 0.395 e. The molecule has 0 radical (unpaired) electrons. The van der Waals surface area contributed by atoms with Gasteiger partial charge in [0.15, 0.2) is 0 Å². The topological polar surface area (TPSA) is 61.8 Å². The zero-order valence-electron chi connectivity index (χ0n) is 8.16. The number of hydrogen-bond acceptors (Lipinski definition) is 3. The fourth-order valence-electron chi connectivity index (χ4n) is 1.29. The lowest BCUT2D eigenvalue weighted by Gasteiger charge is -2.05. The van der Waals surface area contributed by atoms with E-state index >= 15 is 0 Å². The van der Waals surface area contributed by atoms with Gasteiger partial charge in [-0.1, -0.05) is 0 Å². The smallest absolute Gasteiger partial charge is 0.0750 e. The van der Waals surface area contributed by atoms with Gasteiger partial charge in [0.1, 0.15) is 0 Å². The summed E-state index contributed by atoms with van der Waals surface area (Å²) < 4.78 is 2.66. The number of nitriles is 1. The standard InChI is InChI=1S/C9H12BrN3O/c1-6-9(10)8(13(2)12-6)3-7(4-11)5-14/h7,14H,3,5H2,1-2H3. The van der Waals surface area contributed by atoms with E-state index in [4.69, 9.17) is 10.4 Å². The van der Waals surface area contributed by atoms with Crippen molar-refractivity contribution in [2.75, 3.05) is 6.61 Å². The molecule has 1 unspecified atom stereocenters. The minimum Gasteiger partial charge on any atom is -0.395 e. The Labute approximate surface area is 91.3 Å². The summed E-state index contributed by atoms with van der Waals surface area (Å²) in [5, 5.41) is 21.8. The Morgan fingerprint density at radius 3 is 2.71 bits per heavy atom. The van der Waals surface area contributed by atoms with Crippen molar-refractivity contribution < 1.29 is 5.11 Å². The van der Waals surface area contributed by atoms with Crippen molar-refractivity contribution in [2.45, 2.75) is 13.3 Å². The van der Waals surface area contributed by atoms with Gasteiger partial charge in [0.25, 0.3) is 0 Å². The molecule has 5 heteroatoms. The average Bonchev–Trinajstić information content (AvgIpc) is 2.40. The lowest BCUT2D eigenvalue weighted by atomic mass is 10.1. The summed E-state index contributed by atoms with van der Waals surface area (Å²) in [5.41, 5.74) is 1.85. The van der Waals surface area contributed by atoms with Crippen LogP contribution in [-0.2, 0) is 13.5 Å². The number of aliphatic hydroxyl groups is 1. The lowest BCUT2D eigenvalue weighted by Crippen LogP contribution is -2.10. The van der Waals surface area contributed by atoms with Gasteiger partial charge in [-0.3, -0.25) is 4.68 Å². The molecule has 0 amide bonds. The first-order valence-electron chi connectivity index (χ1n) is 4.28. The van der Waals surface area contributed by atoms with Crippen LogP contribution in [0.15, 0.2) is 4.47 Å². The minimum atomic E-state index is -0.360. The third-order valence-corrected chi connectivity index (χ3v) is 3.14. The Hall–Kier alpha value is -0.860. The zero-order valence-corrected chi connectivity index (χ0v) is 9.74. The third-order valence-electron chi connectivity index (χ3n) is 2.10. The molecule has 0 aromatic carbocycles. The molecule has 0 bridgehead atoms. The molecule has 76 valence electrons. The van der Waals surface area contributed by atoms with E-state index in [1.54, 1.807) is 4.68 Å². The van der Waals surface area contributed by atoms with Crippen molar-refractivity contribution in [3.63, 3.8) is 0 Å². The highest BCUT2D eigenvalue weighted by molar-refractivity contribution is 9.10. The normalized spacial score (nSPS) is 12.5. The fraction of sp³-hybridized carbons (Fsp3) is 0.556. The SMILES string of the molecule is Cc1nn(C)c(CC(C#N)CO)c1Br. The highest BCUT2D eigenvalue weighted by Gasteiger charge is 2.15. The van der Waals surface area contributed by atoms with E-state index in [1.807, 2.05) is 14.0 Å². The van der Waals surface area contributed by atoms with Crippen molar-refractivity contribution in [1.29, 1.82) is 5.26 Å². The number of rotatable bonds is 3. The maximum Gasteiger partial charge on any atom is 0.0750 e. The Balaban J connectivity index is 2.91. The molecule has 14 heavy (non-hydrogen) atoms. The van der Waals surface area contributed by atoms with Crippen LogP contribution in [0.2, 0.25) is 0 Å². The second kappa shape index (κ2) is 4.58. The number of aliphatic hydroxyl groups excluding tert-OH is 1. The van der Waals surface area contributed by atoms with Crippen molar-refractivity contribution in [2.24, 2.45) is 13.0 Å². The second-order valence-corrected chi connectivity index (χ2v) is 3.98. The van der Waals surface area contributed by atoms with Crippen LogP contribution < -0.4 is 0 Å². The van der Waals surface area contributed by atoms with Crippen LogP contribution in [0.25, 0.3) is 0 Å². The van der Waals surface area contributed by atoms with Gasteiger partial charge in [0.05, 0.1) is 34.5 Å². The highest BCUT2D eigenvalue weighted by Crippen LogP contribution is 2.22. The molecule has 1 aromatic heterocycles. The van der Waals surface area contributed by atoms with Gasteiger partial charge >= 0.3 is 0 Å². The number of aryl methyl sites for hydroxylation is 2. The van der Waals surface area contributed by atoms with E-state index in [2.05, 4.69) is 27.1 Å². The molecule has 1 aromatic rings. The molecule has 1 rings (SSSR count). The third kappa shape index (κ3) is 2.14. The van der Waals surface area contributed by atoms with Gasteiger partial charge in [-0.2, -0.15) is 10.4 Å². The van der Waals surface area contributed by atoms with Crippen LogP contribution in [0, 0.1) is 24.2 Å². The quantitative estimate of drug-likeness (QED) is 0.885. The van der Waals surface area contributed by atoms with Gasteiger partial charge in [-0.15, -0.1) is 0 Å². The molecular weight excluding hydrogens is 246 g/mol. The molecule has 0 aliphatic carbocycles. The van der Waals surface area contributed by atoms with Gasteiger partial charge in [-0.25, -0.2) is 0 Å². The summed E-state index contributed by atoms with van der Waals surface area (Å²) >= 11 is 3.41. The summed E-state index contributed by atoms with van der Waals surface area (Å²) in [5.74, 6) is -0.360. The molecule has 0 fully saturated rings. The summed E-state index contributed by atoms with van der Waals surface area (Å²) in [6.07, 6.45) is 0.519. The Bertz CT molecular complexity index is 367. The van der Waals surface area contributed by atoms with E-state index in [0.717, 1.165) is 15.9 Å². The number of hydrogen-bond donors (Lipinski definition) is 1. The maximum absolute atomic E-state index is 8.91. The molecule has 1 atom stereocenters. The fourth-order valence-corrected chi connectivity index (χ4v) is 1.78. The molecule has 1 N–H and O–H groups in total. The van der Waals surface area contributed by atoms with Gasteiger partial charge in [0, 0.05) is 13.5 Å². The van der Waals surface area contributed by atoms with E-state index in [0.29, 0.717) is 6.42 Å². The van der Waals surface area contributed by atoms with Gasteiger partial charge in [-0.05, 0) is 22.9 Å². The minimum absolute atomic E-state index is 0.118. The second-order valence-electron chi connectivity index (χ2n) is 3.18. The summed E-state index contributed by atoms with van der Waals surface area (Å²) in [4.78, 5) is 0. The lowest BCUT2D eigenvalue weighted by molar-refractivity contribution is 0.254. The summed E-state index contributed by atoms with van der Waals surface area (Å²) in [6.45, 7) is 1.78. The zero-order chi connectivity index (χ0) is 10.7. The van der Waals surface area contributed by atoms with Crippen molar-refractivity contribution in [3.8, 4) is 6.07 Å². The number of halogens is 1. The van der Waals surface area contributed by atoms with Crippen molar-refractivity contribution in [3.05, 3.63) is 15.9 Å². The molecule has 0 spiro atoms. The van der Waals surface area contributed by atoms with Crippen LogP contribution in [0.4, 0.5) is 0 Å². The Kier molecular flexibility index (Phi) is 3.67. The van der Waals surface area contributed by atoms with Gasteiger partial charge in [0.2, 0.25) is 0 Å². The molecule has 0 aliphatic rings. The van der Waals surface area contributed by atoms with Crippen LogP contribution in [-0.4, -0.2) is 21.5 Å². The maximum atomic E-state index is 8.91. The monoisotopic (exact) mass is 257 g/mol. The Morgan fingerprint density at radius 1 is 1.71 bits per heavy atom. The molecular formula is C9H12BrN3O. The average molecular weight is 258 g/mol. The van der Waals surface area contributed by atoms with Crippen LogP contribution >= 0.6 is 15.9 Å². The molecule has 0 aliphatic heterocycles. The van der Waals surface area contributed by atoms with Crippen LogP contribution in [0.1, 0.15) is 11.4 Å². The predicted molar refractivity (Wildman–Crippen MR) is 55.5 cm³/mol. The highest BCUT2D eigenvalue weighted by atomic mass is 79.9. The Morgan fingerprint density at radius 2 is 2.36 bits per heavy atom. The van der Waals surface area contributed by atoms with Crippen LogP contribution in [0.5, 0.6) is 0 Å². The summed E-state index contributed by atoms with van der Waals surface area (Å²) in [6, 6.07) is 2.05. The van der Waals surface area contributed by atoms with E-state index in [-0.39, 0.29) is 12.5 Å². The molecule has 0 saturated heterocycles. The molecule has 1 heterocycles. The van der Waals surface area contributed by atoms with Crippen molar-refractivity contribution >= 4 is 15.9 Å². The van der Waals surface area contributed by atoms with E-state index in [1.165, 1.54) is 0 Å². The molecule has 4 nitrogen and oxygen atoms in total. The number of aromatic nitrogens is 2. The first-order chi connectivity index (χ1) is 6.60. The van der Waals surface area contributed by atoms with E-state index in [9.17, 15) is 0 Å². The van der Waals surface area contributed by atoms with Gasteiger partial charge < -0.3 is 5.11 Å². The van der Waals surface area contributed by atoms with Crippen LogP contribution in [0.3, 0.4) is 0 Å². The molecule has 0 saturated carbocycles. The summed E-state index contributed by atoms with van der Waals surface area (Å²) in [7, 11) is 1.83. The first-order valence-corrected chi connectivity index (χ1v) is 5.07.